The van der Waals surface area contributed by atoms with Crippen molar-refractivity contribution in [3.8, 4) is 0 Å². The maximum Gasteiger partial charge on any atom is 0.135 e. The highest BCUT2D eigenvalue weighted by Gasteiger charge is 2.23. The van der Waals surface area contributed by atoms with Crippen molar-refractivity contribution in [3.63, 3.8) is 0 Å². The van der Waals surface area contributed by atoms with Gasteiger partial charge in [0.15, 0.2) is 0 Å². The largest absolute Gasteiger partial charge is 0.499 e. The van der Waals surface area contributed by atoms with E-state index in [-0.39, 0.29) is 0 Å². The summed E-state index contributed by atoms with van der Waals surface area (Å²) in [5, 5.41) is 0. The van der Waals surface area contributed by atoms with Crippen LogP contribution in [0.5, 0.6) is 0 Å². The molecule has 0 amide bonds. The molecule has 58 valence electrons. The van der Waals surface area contributed by atoms with Crippen LogP contribution in [-0.4, -0.2) is 31.7 Å². The van der Waals surface area contributed by atoms with Crippen molar-refractivity contribution in [2.45, 2.75) is 12.8 Å². The van der Waals surface area contributed by atoms with Crippen LogP contribution < -0.4 is 0 Å². The molecule has 0 aromatic carbocycles. The minimum absolute atomic E-state index is 1.05. The van der Waals surface area contributed by atoms with Crippen molar-refractivity contribution in [3.05, 3.63) is 12.5 Å². The Morgan fingerprint density at radius 3 is 2.40 bits per heavy atom. The molecule has 0 radical (unpaired) electrons. The fourth-order valence-corrected chi connectivity index (χ4v) is 1.41. The van der Waals surface area contributed by atoms with Crippen molar-refractivity contribution in [1.82, 2.24) is 0 Å². The third-order valence-electron chi connectivity index (χ3n) is 2.14. The minimum atomic E-state index is 1.05. The Bertz CT molecular complexity index is 125. The number of ether oxygens (including phenoxy) is 1. The highest BCUT2D eigenvalue weighted by atomic mass is 16.5. The van der Waals surface area contributed by atoms with E-state index in [0.717, 1.165) is 4.48 Å². The lowest BCUT2D eigenvalue weighted by atomic mass is 10.4. The van der Waals surface area contributed by atoms with E-state index in [9.17, 15) is 0 Å². The molecule has 0 spiro atoms. The summed E-state index contributed by atoms with van der Waals surface area (Å²) in [4.78, 5) is 0. The number of hydrogen-bond donors (Lipinski definition) is 0. The van der Waals surface area contributed by atoms with E-state index in [0.29, 0.717) is 0 Å². The van der Waals surface area contributed by atoms with Crippen LogP contribution in [0.4, 0.5) is 0 Å². The maximum atomic E-state index is 4.87. The zero-order valence-electron chi connectivity index (χ0n) is 6.84. The summed E-state index contributed by atoms with van der Waals surface area (Å²) in [7, 11) is 3.93. The molecule has 0 N–H and O–H groups in total. The Morgan fingerprint density at radius 1 is 1.30 bits per heavy atom. The molecule has 0 unspecified atom stereocenters. The van der Waals surface area contributed by atoms with Gasteiger partial charge in [-0.15, -0.1) is 0 Å². The van der Waals surface area contributed by atoms with Gasteiger partial charge in [0.1, 0.15) is 12.5 Å². The molecule has 2 heteroatoms. The molecule has 1 aliphatic heterocycles. The quantitative estimate of drug-likeness (QED) is 0.417. The molecule has 0 atom stereocenters. The molecule has 1 aliphatic rings. The van der Waals surface area contributed by atoms with Crippen LogP contribution >= 0.6 is 0 Å². The van der Waals surface area contributed by atoms with E-state index in [1.165, 1.54) is 25.9 Å². The first kappa shape index (κ1) is 7.61. The molecular weight excluding hydrogens is 126 g/mol. The van der Waals surface area contributed by atoms with Gasteiger partial charge in [0, 0.05) is 12.8 Å². The number of likely N-dealkylation sites (tertiary alicyclic amines) is 1. The van der Waals surface area contributed by atoms with Crippen LogP contribution in [0, 0.1) is 0 Å². The van der Waals surface area contributed by atoms with E-state index in [1.54, 1.807) is 13.4 Å². The Kier molecular flexibility index (Phi) is 2.33. The van der Waals surface area contributed by atoms with Gasteiger partial charge in [-0.1, -0.05) is 0 Å². The first-order valence-corrected chi connectivity index (χ1v) is 3.82. The highest BCUT2D eigenvalue weighted by molar-refractivity contribution is 4.66. The van der Waals surface area contributed by atoms with Crippen molar-refractivity contribution in [2.75, 3.05) is 27.2 Å². The van der Waals surface area contributed by atoms with Crippen molar-refractivity contribution in [2.24, 2.45) is 0 Å². The third kappa shape index (κ3) is 1.74. The average Bonchev–Trinajstić information content (AvgIpc) is 2.33. The SMILES string of the molecule is CO/C=C\[N+]1(C)CCCC1. The van der Waals surface area contributed by atoms with Crippen LogP contribution in [-0.2, 0) is 4.74 Å². The van der Waals surface area contributed by atoms with Gasteiger partial charge in [0.25, 0.3) is 0 Å². The molecule has 1 heterocycles. The molecule has 2 nitrogen and oxygen atoms in total. The molecule has 0 aromatic heterocycles. The lowest BCUT2D eigenvalue weighted by Gasteiger charge is -2.22. The topological polar surface area (TPSA) is 9.23 Å². The van der Waals surface area contributed by atoms with Crippen LogP contribution in [0.25, 0.3) is 0 Å². The van der Waals surface area contributed by atoms with E-state index in [1.807, 2.05) is 0 Å². The summed E-state index contributed by atoms with van der Waals surface area (Å²) in [5.74, 6) is 0. The highest BCUT2D eigenvalue weighted by Crippen LogP contribution is 2.16. The van der Waals surface area contributed by atoms with Gasteiger partial charge in [-0.25, -0.2) is 0 Å². The molecule has 0 aliphatic carbocycles. The molecule has 1 saturated heterocycles. The number of methoxy groups -OCH3 is 1. The Labute approximate surface area is 62.7 Å². The molecular formula is C8H16NO+. The monoisotopic (exact) mass is 142 g/mol. The van der Waals surface area contributed by atoms with Crippen LogP contribution in [0.1, 0.15) is 12.8 Å². The van der Waals surface area contributed by atoms with Gasteiger partial charge in [0.2, 0.25) is 0 Å². The fourth-order valence-electron chi connectivity index (χ4n) is 1.41. The molecule has 1 fully saturated rings. The van der Waals surface area contributed by atoms with Gasteiger partial charge in [0.05, 0.1) is 27.2 Å². The van der Waals surface area contributed by atoms with Gasteiger partial charge in [-0.05, 0) is 0 Å². The average molecular weight is 142 g/mol. The molecule has 0 saturated carbocycles. The number of hydrogen-bond acceptors (Lipinski definition) is 1. The first-order chi connectivity index (χ1) is 4.77. The first-order valence-electron chi connectivity index (χ1n) is 3.82. The minimum Gasteiger partial charge on any atom is -0.499 e. The Balaban J connectivity index is 2.43. The third-order valence-corrected chi connectivity index (χ3v) is 2.14. The van der Waals surface area contributed by atoms with Gasteiger partial charge >= 0.3 is 0 Å². The van der Waals surface area contributed by atoms with Crippen molar-refractivity contribution in [1.29, 1.82) is 0 Å². The number of quaternary nitrogens is 1. The zero-order valence-corrected chi connectivity index (χ0v) is 6.84. The summed E-state index contributed by atoms with van der Waals surface area (Å²) in [6.07, 6.45) is 6.62. The summed E-state index contributed by atoms with van der Waals surface area (Å²) < 4.78 is 5.92. The smallest absolute Gasteiger partial charge is 0.135 e. The van der Waals surface area contributed by atoms with Gasteiger partial charge in [-0.3, -0.25) is 4.48 Å². The molecule has 10 heavy (non-hydrogen) atoms. The molecule has 1 rings (SSSR count). The van der Waals surface area contributed by atoms with Gasteiger partial charge < -0.3 is 4.74 Å². The summed E-state index contributed by atoms with van der Waals surface area (Å²) in [6, 6.07) is 0. The van der Waals surface area contributed by atoms with E-state index in [4.69, 9.17) is 4.74 Å². The number of rotatable bonds is 2. The van der Waals surface area contributed by atoms with Crippen LogP contribution in [0.15, 0.2) is 12.5 Å². The van der Waals surface area contributed by atoms with E-state index < -0.39 is 0 Å². The van der Waals surface area contributed by atoms with Gasteiger partial charge in [-0.2, -0.15) is 0 Å². The van der Waals surface area contributed by atoms with Crippen molar-refractivity contribution < 1.29 is 9.22 Å². The lowest BCUT2D eigenvalue weighted by Crippen LogP contribution is -2.34. The second kappa shape index (κ2) is 3.06. The molecule has 0 bridgehead atoms. The number of nitrogens with zero attached hydrogens (tertiary/aromatic N) is 1. The second-order valence-electron chi connectivity index (χ2n) is 3.15. The molecule has 0 aromatic rings. The predicted molar refractivity (Wildman–Crippen MR) is 41.3 cm³/mol. The lowest BCUT2D eigenvalue weighted by molar-refractivity contribution is -0.847. The predicted octanol–water partition coefficient (Wildman–Crippen LogP) is 1.34. The fraction of sp³-hybridized carbons (Fsp3) is 0.750. The van der Waals surface area contributed by atoms with E-state index >= 15 is 0 Å². The van der Waals surface area contributed by atoms with E-state index in [2.05, 4.69) is 13.2 Å². The van der Waals surface area contributed by atoms with Crippen LogP contribution in [0.3, 0.4) is 0 Å². The Morgan fingerprint density at radius 2 is 1.90 bits per heavy atom. The normalized spacial score (nSPS) is 23.8. The summed E-state index contributed by atoms with van der Waals surface area (Å²) in [6.45, 7) is 2.53. The summed E-state index contributed by atoms with van der Waals surface area (Å²) in [5.41, 5.74) is 0. The van der Waals surface area contributed by atoms with Crippen LogP contribution in [0.2, 0.25) is 0 Å². The summed E-state index contributed by atoms with van der Waals surface area (Å²) >= 11 is 0. The second-order valence-corrected chi connectivity index (χ2v) is 3.15. The Hall–Kier alpha value is -0.500. The standard InChI is InChI=1S/C8H16NO/c1-9(7-8-10-2)5-3-4-6-9/h7-8H,3-6H2,1-2H3/q+1/b8-7-. The van der Waals surface area contributed by atoms with Crippen molar-refractivity contribution >= 4 is 0 Å². The maximum absolute atomic E-state index is 4.87. The zero-order chi connectivity index (χ0) is 7.45.